The molecule has 1 N–H and O–H groups in total. The van der Waals surface area contributed by atoms with Crippen LogP contribution in [0.1, 0.15) is 24.2 Å². The van der Waals surface area contributed by atoms with Gasteiger partial charge in [0.05, 0.1) is 5.69 Å². The molecular weight excluding hydrogens is 436 g/mol. The minimum absolute atomic E-state index is 0.283. The molecule has 0 fully saturated rings. The maximum Gasteiger partial charge on any atom is 0.0684 e. The Morgan fingerprint density at radius 1 is 1.11 bits per heavy atom. The lowest BCUT2D eigenvalue weighted by molar-refractivity contribution is 0.566. The number of halogens is 3. The molecule has 2 nitrogen and oxygen atoms in total. The average molecular weight is 449 g/mol. The first-order valence-corrected chi connectivity index (χ1v) is 8.23. The standard InChI is InChI=1S/C14H13Br3N2/c1-9(10-2-4-11(15)5-3-10)18-8-14-13(17)6-12(16)7-19-14/h2-7,9,18H,8H2,1H3. The molecule has 0 spiro atoms. The molecule has 100 valence electrons. The third-order valence-electron chi connectivity index (χ3n) is 2.83. The molecule has 0 bridgehead atoms. The van der Waals surface area contributed by atoms with Gasteiger partial charge in [-0.3, -0.25) is 4.98 Å². The second-order valence-electron chi connectivity index (χ2n) is 4.24. The fourth-order valence-electron chi connectivity index (χ4n) is 1.69. The summed E-state index contributed by atoms with van der Waals surface area (Å²) in [7, 11) is 0. The Morgan fingerprint density at radius 2 is 1.79 bits per heavy atom. The van der Waals surface area contributed by atoms with Crippen molar-refractivity contribution in [3.05, 3.63) is 61.2 Å². The molecule has 1 aromatic carbocycles. The molecule has 1 heterocycles. The van der Waals surface area contributed by atoms with Crippen molar-refractivity contribution in [3.63, 3.8) is 0 Å². The largest absolute Gasteiger partial charge is 0.305 e. The Hall–Kier alpha value is -0.230. The molecule has 5 heteroatoms. The number of aromatic nitrogens is 1. The van der Waals surface area contributed by atoms with Crippen LogP contribution in [0.5, 0.6) is 0 Å². The molecule has 2 aromatic rings. The molecule has 0 saturated heterocycles. The Bertz CT molecular complexity index is 555. The number of nitrogens with one attached hydrogen (secondary N) is 1. The predicted octanol–water partition coefficient (Wildman–Crippen LogP) is 5.22. The second-order valence-corrected chi connectivity index (χ2v) is 6.92. The first-order chi connectivity index (χ1) is 9.06. The van der Waals surface area contributed by atoms with Gasteiger partial charge in [0.25, 0.3) is 0 Å². The SMILES string of the molecule is CC(NCc1ncc(Br)cc1Br)c1ccc(Br)cc1. The number of pyridine rings is 1. The van der Waals surface area contributed by atoms with Crippen LogP contribution < -0.4 is 5.32 Å². The van der Waals surface area contributed by atoms with Crippen molar-refractivity contribution in [2.45, 2.75) is 19.5 Å². The van der Waals surface area contributed by atoms with Crippen molar-refractivity contribution < 1.29 is 0 Å². The van der Waals surface area contributed by atoms with Gasteiger partial charge in [-0.2, -0.15) is 0 Å². The summed E-state index contributed by atoms with van der Waals surface area (Å²) in [4.78, 5) is 4.39. The van der Waals surface area contributed by atoms with Gasteiger partial charge in [0.15, 0.2) is 0 Å². The van der Waals surface area contributed by atoms with Crippen LogP contribution in [-0.4, -0.2) is 4.98 Å². The monoisotopic (exact) mass is 446 g/mol. The van der Waals surface area contributed by atoms with Crippen LogP contribution in [0.15, 0.2) is 49.9 Å². The van der Waals surface area contributed by atoms with Gasteiger partial charge in [-0.15, -0.1) is 0 Å². The Balaban J connectivity index is 2.00. The molecule has 0 amide bonds. The summed E-state index contributed by atoms with van der Waals surface area (Å²) in [6.07, 6.45) is 1.81. The first-order valence-electron chi connectivity index (χ1n) is 5.85. The highest BCUT2D eigenvalue weighted by molar-refractivity contribution is 9.11. The molecule has 1 atom stereocenters. The van der Waals surface area contributed by atoms with E-state index in [2.05, 4.69) is 89.3 Å². The van der Waals surface area contributed by atoms with Gasteiger partial charge in [-0.1, -0.05) is 28.1 Å². The molecule has 1 aromatic heterocycles. The zero-order valence-electron chi connectivity index (χ0n) is 10.3. The molecular formula is C14H13Br3N2. The van der Waals surface area contributed by atoms with Crippen molar-refractivity contribution in [3.8, 4) is 0 Å². The quantitative estimate of drug-likeness (QED) is 0.693. The van der Waals surface area contributed by atoms with Crippen molar-refractivity contribution in [1.29, 1.82) is 0 Å². The molecule has 19 heavy (non-hydrogen) atoms. The molecule has 2 rings (SSSR count). The fourth-order valence-corrected chi connectivity index (χ4v) is 3.08. The van der Waals surface area contributed by atoms with Crippen molar-refractivity contribution in [1.82, 2.24) is 10.3 Å². The fraction of sp³-hybridized carbons (Fsp3) is 0.214. The molecule has 0 aliphatic carbocycles. The third-order valence-corrected chi connectivity index (χ3v) is 4.48. The van der Waals surface area contributed by atoms with E-state index >= 15 is 0 Å². The van der Waals surface area contributed by atoms with Gasteiger partial charge < -0.3 is 5.32 Å². The van der Waals surface area contributed by atoms with Crippen molar-refractivity contribution in [2.75, 3.05) is 0 Å². The third kappa shape index (κ3) is 4.38. The maximum atomic E-state index is 4.39. The zero-order valence-corrected chi connectivity index (χ0v) is 15.1. The van der Waals surface area contributed by atoms with E-state index in [1.807, 2.05) is 12.3 Å². The summed E-state index contributed by atoms with van der Waals surface area (Å²) < 4.78 is 3.09. The summed E-state index contributed by atoms with van der Waals surface area (Å²) >= 11 is 10.4. The van der Waals surface area contributed by atoms with Gasteiger partial charge in [0.2, 0.25) is 0 Å². The van der Waals surface area contributed by atoms with E-state index in [-0.39, 0.29) is 6.04 Å². The summed E-state index contributed by atoms with van der Waals surface area (Å²) in [5, 5.41) is 3.47. The topological polar surface area (TPSA) is 24.9 Å². The number of nitrogens with zero attached hydrogens (tertiary/aromatic N) is 1. The van der Waals surface area contributed by atoms with Gasteiger partial charge in [0, 0.05) is 32.2 Å². The van der Waals surface area contributed by atoms with Crippen LogP contribution in [0.2, 0.25) is 0 Å². The average Bonchev–Trinajstić information content (AvgIpc) is 2.38. The zero-order chi connectivity index (χ0) is 13.8. The molecule has 1 unspecified atom stereocenters. The van der Waals surface area contributed by atoms with Gasteiger partial charge in [0.1, 0.15) is 0 Å². The Morgan fingerprint density at radius 3 is 2.42 bits per heavy atom. The van der Waals surface area contributed by atoms with E-state index in [4.69, 9.17) is 0 Å². The number of benzene rings is 1. The Kier molecular flexibility index (Phi) is 5.57. The minimum Gasteiger partial charge on any atom is -0.305 e. The van der Waals surface area contributed by atoms with Crippen LogP contribution in [0.4, 0.5) is 0 Å². The first kappa shape index (κ1) is 15.2. The van der Waals surface area contributed by atoms with Gasteiger partial charge in [-0.05, 0) is 62.5 Å². The van der Waals surface area contributed by atoms with Gasteiger partial charge >= 0.3 is 0 Å². The number of hydrogen-bond donors (Lipinski definition) is 1. The number of rotatable bonds is 4. The molecule has 0 saturated carbocycles. The predicted molar refractivity (Wildman–Crippen MR) is 89.0 cm³/mol. The summed E-state index contributed by atoms with van der Waals surface area (Å²) in [5.74, 6) is 0. The number of hydrogen-bond acceptors (Lipinski definition) is 2. The normalized spacial score (nSPS) is 12.4. The van der Waals surface area contributed by atoms with E-state index < -0.39 is 0 Å². The van der Waals surface area contributed by atoms with Crippen LogP contribution in [-0.2, 0) is 6.54 Å². The molecule has 0 aliphatic heterocycles. The van der Waals surface area contributed by atoms with Crippen LogP contribution in [0, 0.1) is 0 Å². The van der Waals surface area contributed by atoms with Gasteiger partial charge in [-0.25, -0.2) is 0 Å². The maximum absolute atomic E-state index is 4.39. The molecule has 0 radical (unpaired) electrons. The summed E-state index contributed by atoms with van der Waals surface area (Å²) in [6.45, 7) is 2.88. The Labute approximate surface area is 138 Å². The van der Waals surface area contributed by atoms with E-state index in [1.54, 1.807) is 0 Å². The lowest BCUT2D eigenvalue weighted by Crippen LogP contribution is -2.19. The van der Waals surface area contributed by atoms with Crippen LogP contribution in [0.3, 0.4) is 0 Å². The lowest BCUT2D eigenvalue weighted by atomic mass is 10.1. The van der Waals surface area contributed by atoms with E-state index in [0.29, 0.717) is 0 Å². The molecule has 0 aliphatic rings. The van der Waals surface area contributed by atoms with E-state index in [1.165, 1.54) is 5.56 Å². The highest BCUT2D eigenvalue weighted by Crippen LogP contribution is 2.21. The van der Waals surface area contributed by atoms with E-state index in [0.717, 1.165) is 25.7 Å². The van der Waals surface area contributed by atoms with Crippen molar-refractivity contribution in [2.24, 2.45) is 0 Å². The smallest absolute Gasteiger partial charge is 0.0684 e. The highest BCUT2D eigenvalue weighted by Gasteiger charge is 2.07. The second kappa shape index (κ2) is 6.97. The highest BCUT2D eigenvalue weighted by atomic mass is 79.9. The van der Waals surface area contributed by atoms with Crippen LogP contribution >= 0.6 is 47.8 Å². The van der Waals surface area contributed by atoms with Crippen molar-refractivity contribution >= 4 is 47.8 Å². The lowest BCUT2D eigenvalue weighted by Gasteiger charge is -2.14. The summed E-state index contributed by atoms with van der Waals surface area (Å²) in [6, 6.07) is 10.6. The summed E-state index contributed by atoms with van der Waals surface area (Å²) in [5.41, 5.74) is 2.27. The van der Waals surface area contributed by atoms with Crippen LogP contribution in [0.25, 0.3) is 0 Å². The minimum atomic E-state index is 0.283. The van der Waals surface area contributed by atoms with E-state index in [9.17, 15) is 0 Å².